The van der Waals surface area contributed by atoms with E-state index in [2.05, 4.69) is 0 Å². The first-order chi connectivity index (χ1) is 9.49. The molecule has 0 saturated heterocycles. The monoisotopic (exact) mass is 274 g/mol. The Balaban J connectivity index is 2.63. The van der Waals surface area contributed by atoms with Gasteiger partial charge in [-0.1, -0.05) is 13.0 Å². The molecule has 0 saturated carbocycles. The summed E-state index contributed by atoms with van der Waals surface area (Å²) in [6.07, 6.45) is 0.678. The van der Waals surface area contributed by atoms with Crippen molar-refractivity contribution in [3.05, 3.63) is 45.3 Å². The first-order valence-electron chi connectivity index (χ1n) is 6.63. The van der Waals surface area contributed by atoms with Crippen LogP contribution in [-0.4, -0.2) is 13.1 Å². The van der Waals surface area contributed by atoms with E-state index in [-0.39, 0.29) is 11.4 Å². The summed E-state index contributed by atoms with van der Waals surface area (Å²) in [4.78, 5) is 23.9. The van der Waals surface area contributed by atoms with Gasteiger partial charge in [0.15, 0.2) is 5.43 Å². The molecule has 1 unspecified atom stereocenters. The zero-order chi connectivity index (χ0) is 14.9. The van der Waals surface area contributed by atoms with Crippen molar-refractivity contribution in [2.24, 2.45) is 0 Å². The van der Waals surface area contributed by atoms with E-state index in [4.69, 9.17) is 9.15 Å². The molecule has 4 nitrogen and oxygen atoms in total. The topological polar surface area (TPSA) is 56.5 Å². The van der Waals surface area contributed by atoms with Gasteiger partial charge in [0.05, 0.1) is 18.4 Å². The second-order valence-corrected chi connectivity index (χ2v) is 4.83. The standard InChI is InChI=1S/C16H18O4/c1-5-13-10(3)15(17)12-8-11(6-7-14(12)20-13)9(2)16(18)19-4/h6-9H,5H2,1-4H3. The van der Waals surface area contributed by atoms with Gasteiger partial charge in [-0.15, -0.1) is 0 Å². The third-order valence-corrected chi connectivity index (χ3v) is 3.62. The number of esters is 1. The van der Waals surface area contributed by atoms with Crippen molar-refractivity contribution >= 4 is 16.9 Å². The van der Waals surface area contributed by atoms with Gasteiger partial charge in [0, 0.05) is 12.0 Å². The Morgan fingerprint density at radius 3 is 2.70 bits per heavy atom. The fraction of sp³-hybridized carbons (Fsp3) is 0.375. The van der Waals surface area contributed by atoms with Crippen LogP contribution in [0.2, 0.25) is 0 Å². The van der Waals surface area contributed by atoms with E-state index < -0.39 is 5.92 Å². The molecule has 0 amide bonds. The maximum Gasteiger partial charge on any atom is 0.312 e. The number of rotatable bonds is 3. The molecule has 1 heterocycles. The molecule has 0 radical (unpaired) electrons. The van der Waals surface area contributed by atoms with Gasteiger partial charge < -0.3 is 9.15 Å². The van der Waals surface area contributed by atoms with Crippen LogP contribution < -0.4 is 5.43 Å². The Hall–Kier alpha value is -2.10. The number of hydrogen-bond donors (Lipinski definition) is 0. The molecule has 0 aliphatic heterocycles. The highest BCUT2D eigenvalue weighted by atomic mass is 16.5. The summed E-state index contributed by atoms with van der Waals surface area (Å²) in [5.74, 6) is -0.0261. The first kappa shape index (κ1) is 14.3. The summed E-state index contributed by atoms with van der Waals surface area (Å²) in [6, 6.07) is 5.25. The number of methoxy groups -OCH3 is 1. The molecule has 0 N–H and O–H groups in total. The van der Waals surface area contributed by atoms with E-state index >= 15 is 0 Å². The maximum absolute atomic E-state index is 12.3. The van der Waals surface area contributed by atoms with E-state index in [0.717, 1.165) is 5.56 Å². The van der Waals surface area contributed by atoms with Crippen LogP contribution in [0.25, 0.3) is 11.0 Å². The summed E-state index contributed by atoms with van der Waals surface area (Å²) >= 11 is 0. The van der Waals surface area contributed by atoms with Crippen molar-refractivity contribution in [1.82, 2.24) is 0 Å². The van der Waals surface area contributed by atoms with E-state index in [1.165, 1.54) is 7.11 Å². The van der Waals surface area contributed by atoms with Gasteiger partial charge in [-0.3, -0.25) is 9.59 Å². The first-order valence-corrected chi connectivity index (χ1v) is 6.63. The Kier molecular flexibility index (Phi) is 3.93. The molecule has 1 aromatic carbocycles. The minimum Gasteiger partial charge on any atom is -0.469 e. The smallest absolute Gasteiger partial charge is 0.312 e. The van der Waals surface area contributed by atoms with Crippen molar-refractivity contribution in [3.8, 4) is 0 Å². The van der Waals surface area contributed by atoms with Gasteiger partial charge in [-0.2, -0.15) is 0 Å². The van der Waals surface area contributed by atoms with Crippen molar-refractivity contribution in [1.29, 1.82) is 0 Å². The third-order valence-electron chi connectivity index (χ3n) is 3.62. The number of carbonyl (C=O) groups excluding carboxylic acids is 1. The average molecular weight is 274 g/mol. The highest BCUT2D eigenvalue weighted by molar-refractivity contribution is 5.82. The summed E-state index contributed by atoms with van der Waals surface area (Å²) in [5.41, 5.74) is 1.89. The van der Waals surface area contributed by atoms with Gasteiger partial charge in [-0.25, -0.2) is 0 Å². The normalized spacial score (nSPS) is 12.4. The van der Waals surface area contributed by atoms with Gasteiger partial charge in [-0.05, 0) is 31.5 Å². The predicted octanol–water partition coefficient (Wildman–Crippen LogP) is 2.94. The fourth-order valence-electron chi connectivity index (χ4n) is 2.27. The molecular formula is C16H18O4. The Bertz CT molecular complexity index is 712. The van der Waals surface area contributed by atoms with Crippen LogP contribution in [0.4, 0.5) is 0 Å². The second-order valence-electron chi connectivity index (χ2n) is 4.83. The molecule has 106 valence electrons. The highest BCUT2D eigenvalue weighted by Crippen LogP contribution is 2.22. The number of ether oxygens (including phenoxy) is 1. The molecule has 2 rings (SSSR count). The van der Waals surface area contributed by atoms with Gasteiger partial charge in [0.25, 0.3) is 0 Å². The maximum atomic E-state index is 12.3. The lowest BCUT2D eigenvalue weighted by molar-refractivity contribution is -0.141. The van der Waals surface area contributed by atoms with E-state index in [1.807, 2.05) is 6.92 Å². The number of carbonyl (C=O) groups is 1. The van der Waals surface area contributed by atoms with Crippen LogP contribution in [-0.2, 0) is 16.0 Å². The Morgan fingerprint density at radius 2 is 2.10 bits per heavy atom. The summed E-state index contributed by atoms with van der Waals surface area (Å²) in [6.45, 7) is 5.47. The predicted molar refractivity (Wildman–Crippen MR) is 77.0 cm³/mol. The van der Waals surface area contributed by atoms with Gasteiger partial charge in [0.2, 0.25) is 0 Å². The lowest BCUT2D eigenvalue weighted by Gasteiger charge is -2.11. The number of benzene rings is 1. The van der Waals surface area contributed by atoms with Crippen LogP contribution in [0.1, 0.15) is 36.7 Å². The number of fused-ring (bicyclic) bond motifs is 1. The van der Waals surface area contributed by atoms with Crippen molar-refractivity contribution in [2.75, 3.05) is 7.11 Å². The van der Waals surface area contributed by atoms with E-state index in [0.29, 0.717) is 28.7 Å². The van der Waals surface area contributed by atoms with Gasteiger partial charge >= 0.3 is 5.97 Å². The second kappa shape index (κ2) is 5.49. The largest absolute Gasteiger partial charge is 0.469 e. The van der Waals surface area contributed by atoms with Crippen molar-refractivity contribution < 1.29 is 13.9 Å². The molecule has 0 fully saturated rings. The SMILES string of the molecule is CCc1oc2ccc(C(C)C(=O)OC)cc2c(=O)c1C. The Morgan fingerprint density at radius 1 is 1.40 bits per heavy atom. The molecule has 1 aromatic heterocycles. The minimum absolute atomic E-state index is 0.0398. The average Bonchev–Trinajstić information content (AvgIpc) is 2.48. The molecule has 0 aliphatic rings. The third kappa shape index (κ3) is 2.33. The molecular weight excluding hydrogens is 256 g/mol. The van der Waals surface area contributed by atoms with Crippen LogP contribution in [0.5, 0.6) is 0 Å². The molecule has 0 bridgehead atoms. The van der Waals surface area contributed by atoms with E-state index in [1.54, 1.807) is 32.0 Å². The summed E-state index contributed by atoms with van der Waals surface area (Å²) in [7, 11) is 1.35. The lowest BCUT2D eigenvalue weighted by Crippen LogP contribution is -2.13. The van der Waals surface area contributed by atoms with Crippen LogP contribution in [0.3, 0.4) is 0 Å². The van der Waals surface area contributed by atoms with Crippen LogP contribution in [0, 0.1) is 6.92 Å². The van der Waals surface area contributed by atoms with E-state index in [9.17, 15) is 9.59 Å². The van der Waals surface area contributed by atoms with Crippen molar-refractivity contribution in [2.45, 2.75) is 33.1 Å². The molecule has 2 aromatic rings. The summed E-state index contributed by atoms with van der Waals surface area (Å²) < 4.78 is 10.5. The molecule has 0 spiro atoms. The summed E-state index contributed by atoms with van der Waals surface area (Å²) in [5, 5.41) is 0.507. The molecule has 4 heteroatoms. The molecule has 1 atom stereocenters. The highest BCUT2D eigenvalue weighted by Gasteiger charge is 2.17. The zero-order valence-electron chi connectivity index (χ0n) is 12.1. The minimum atomic E-state index is -0.407. The molecule has 20 heavy (non-hydrogen) atoms. The quantitative estimate of drug-likeness (QED) is 0.807. The number of hydrogen-bond acceptors (Lipinski definition) is 4. The lowest BCUT2D eigenvalue weighted by atomic mass is 9.99. The molecule has 0 aliphatic carbocycles. The fourth-order valence-corrected chi connectivity index (χ4v) is 2.27. The zero-order valence-corrected chi connectivity index (χ0v) is 12.1. The van der Waals surface area contributed by atoms with Gasteiger partial charge in [0.1, 0.15) is 11.3 Å². The Labute approximate surface area is 117 Å². The van der Waals surface area contributed by atoms with Crippen LogP contribution >= 0.6 is 0 Å². The van der Waals surface area contributed by atoms with Crippen LogP contribution in [0.15, 0.2) is 27.4 Å². The van der Waals surface area contributed by atoms with Crippen molar-refractivity contribution in [3.63, 3.8) is 0 Å². The number of aryl methyl sites for hydroxylation is 1.